The van der Waals surface area contributed by atoms with Crippen LogP contribution in [0.25, 0.3) is 0 Å². The molecule has 4 rings (SSSR count). The van der Waals surface area contributed by atoms with Gasteiger partial charge in [-0.3, -0.25) is 4.79 Å². The molecule has 30 heavy (non-hydrogen) atoms. The van der Waals surface area contributed by atoms with E-state index in [1.54, 1.807) is 12.1 Å². The van der Waals surface area contributed by atoms with Gasteiger partial charge in [0.2, 0.25) is 6.41 Å². The zero-order chi connectivity index (χ0) is 21.3. The van der Waals surface area contributed by atoms with Gasteiger partial charge in [0.15, 0.2) is 0 Å². The van der Waals surface area contributed by atoms with Crippen molar-refractivity contribution in [2.75, 3.05) is 18.0 Å². The number of hydrogen-bond donors (Lipinski definition) is 1. The van der Waals surface area contributed by atoms with Gasteiger partial charge in [-0.15, -0.1) is 0 Å². The van der Waals surface area contributed by atoms with Crippen LogP contribution in [-0.2, 0) is 24.2 Å². The topological polar surface area (TPSA) is 32.3 Å². The quantitative estimate of drug-likeness (QED) is 0.476. The van der Waals surface area contributed by atoms with E-state index < -0.39 is 0 Å². The molecular weight excluding hydrogens is 375 g/mol. The normalized spacial score (nSPS) is 16.3. The van der Waals surface area contributed by atoms with Crippen molar-refractivity contribution in [1.82, 2.24) is 5.32 Å². The number of carbonyl (C=O) groups is 1. The lowest BCUT2D eigenvalue weighted by atomic mass is 9.79. The fourth-order valence-electron chi connectivity index (χ4n) is 4.79. The molecule has 1 amide bonds. The van der Waals surface area contributed by atoms with Crippen molar-refractivity contribution in [2.24, 2.45) is 5.41 Å². The fourth-order valence-corrected chi connectivity index (χ4v) is 4.79. The maximum absolute atomic E-state index is 13.6. The van der Waals surface area contributed by atoms with E-state index in [-0.39, 0.29) is 11.2 Å². The molecule has 1 aliphatic carbocycles. The van der Waals surface area contributed by atoms with E-state index in [9.17, 15) is 9.18 Å². The lowest BCUT2D eigenvalue weighted by Gasteiger charge is -2.33. The molecule has 4 heteroatoms. The summed E-state index contributed by atoms with van der Waals surface area (Å²) in [7, 11) is 0. The summed E-state index contributed by atoms with van der Waals surface area (Å²) >= 11 is 0. The SMILES string of the molecule is Cc1cc(N2CCc3cc(F)ccc3C2)cc(C2CC2)c1CC(C)(C)CCNC=O. The van der Waals surface area contributed by atoms with E-state index in [0.29, 0.717) is 5.92 Å². The molecule has 160 valence electrons. The standard InChI is InChI=1S/C26H33FN2O/c1-18-12-23(29-11-8-20-13-22(27)7-6-21(20)16-29)14-24(19-4-5-19)25(18)15-26(2,3)9-10-28-17-30/h6-7,12-14,17,19H,4-5,8-11,15-16H2,1-3H3,(H,28,30). The number of halogens is 1. The molecule has 0 saturated heterocycles. The molecule has 0 unspecified atom stereocenters. The summed E-state index contributed by atoms with van der Waals surface area (Å²) in [6, 6.07) is 9.98. The Balaban J connectivity index is 1.58. The predicted octanol–water partition coefficient (Wildman–Crippen LogP) is 5.28. The second kappa shape index (κ2) is 8.41. The van der Waals surface area contributed by atoms with Gasteiger partial charge in [-0.2, -0.15) is 0 Å². The van der Waals surface area contributed by atoms with Crippen LogP contribution < -0.4 is 10.2 Å². The van der Waals surface area contributed by atoms with Gasteiger partial charge < -0.3 is 10.2 Å². The van der Waals surface area contributed by atoms with Crippen molar-refractivity contribution in [1.29, 1.82) is 0 Å². The highest BCUT2D eigenvalue weighted by Crippen LogP contribution is 2.45. The summed E-state index contributed by atoms with van der Waals surface area (Å²) in [6.45, 7) is 9.34. The molecule has 1 N–H and O–H groups in total. The van der Waals surface area contributed by atoms with Gasteiger partial charge in [0, 0.05) is 25.3 Å². The lowest BCUT2D eigenvalue weighted by molar-refractivity contribution is -0.109. The Labute approximate surface area is 179 Å². The first-order valence-electron chi connectivity index (χ1n) is 11.2. The summed E-state index contributed by atoms with van der Waals surface area (Å²) in [4.78, 5) is 13.0. The van der Waals surface area contributed by atoms with E-state index in [2.05, 4.69) is 43.1 Å². The van der Waals surface area contributed by atoms with Crippen molar-refractivity contribution >= 4 is 12.1 Å². The third kappa shape index (κ3) is 4.69. The second-order valence-electron chi connectivity index (χ2n) is 9.85. The Morgan fingerprint density at radius 2 is 2.00 bits per heavy atom. The Bertz CT molecular complexity index is 933. The fraction of sp³-hybridized carbons (Fsp3) is 0.500. The Hall–Kier alpha value is -2.36. The van der Waals surface area contributed by atoms with E-state index >= 15 is 0 Å². The molecule has 1 heterocycles. The number of amides is 1. The highest BCUT2D eigenvalue weighted by atomic mass is 19.1. The zero-order valence-electron chi connectivity index (χ0n) is 18.4. The van der Waals surface area contributed by atoms with Gasteiger partial charge in [0.25, 0.3) is 0 Å². The van der Waals surface area contributed by atoms with Crippen molar-refractivity contribution in [3.8, 4) is 0 Å². The molecule has 2 aliphatic rings. The molecule has 0 atom stereocenters. The number of fused-ring (bicyclic) bond motifs is 1. The third-order valence-electron chi connectivity index (χ3n) is 6.74. The van der Waals surface area contributed by atoms with Crippen LogP contribution in [0.4, 0.5) is 10.1 Å². The molecule has 0 radical (unpaired) electrons. The van der Waals surface area contributed by atoms with Crippen LogP contribution in [0.5, 0.6) is 0 Å². The van der Waals surface area contributed by atoms with Gasteiger partial charge in [-0.05, 0) is 102 Å². The van der Waals surface area contributed by atoms with Crippen molar-refractivity contribution in [3.05, 3.63) is 64.0 Å². The number of benzene rings is 2. The largest absolute Gasteiger partial charge is 0.367 e. The summed E-state index contributed by atoms with van der Waals surface area (Å²) < 4.78 is 13.6. The first-order valence-corrected chi connectivity index (χ1v) is 11.2. The van der Waals surface area contributed by atoms with Gasteiger partial charge >= 0.3 is 0 Å². The predicted molar refractivity (Wildman–Crippen MR) is 120 cm³/mol. The molecule has 2 aromatic carbocycles. The van der Waals surface area contributed by atoms with Gasteiger partial charge in [-0.25, -0.2) is 4.39 Å². The smallest absolute Gasteiger partial charge is 0.207 e. The van der Waals surface area contributed by atoms with Crippen LogP contribution in [0.1, 0.15) is 66.8 Å². The molecular formula is C26H33FN2O. The number of nitrogens with zero attached hydrogens (tertiary/aromatic N) is 1. The van der Waals surface area contributed by atoms with Crippen LogP contribution in [0.3, 0.4) is 0 Å². The number of carbonyl (C=O) groups excluding carboxylic acids is 1. The highest BCUT2D eigenvalue weighted by molar-refractivity contribution is 5.57. The first kappa shape index (κ1) is 20.9. The average Bonchev–Trinajstić information content (AvgIpc) is 3.54. The molecule has 1 fully saturated rings. The molecule has 1 aliphatic heterocycles. The van der Waals surface area contributed by atoms with Crippen LogP contribution in [0, 0.1) is 18.2 Å². The number of rotatable bonds is 8. The molecule has 0 spiro atoms. The molecule has 1 saturated carbocycles. The third-order valence-corrected chi connectivity index (χ3v) is 6.74. The van der Waals surface area contributed by atoms with Crippen molar-refractivity contribution in [2.45, 2.75) is 65.3 Å². The summed E-state index contributed by atoms with van der Waals surface area (Å²) in [5.41, 5.74) is 8.21. The summed E-state index contributed by atoms with van der Waals surface area (Å²) in [5.74, 6) is 0.554. The lowest BCUT2D eigenvalue weighted by Crippen LogP contribution is -2.30. The van der Waals surface area contributed by atoms with Crippen molar-refractivity contribution in [3.63, 3.8) is 0 Å². The monoisotopic (exact) mass is 408 g/mol. The van der Waals surface area contributed by atoms with E-state index in [0.717, 1.165) is 50.9 Å². The molecule has 0 bridgehead atoms. The number of aryl methyl sites for hydroxylation is 1. The maximum atomic E-state index is 13.6. The van der Waals surface area contributed by atoms with E-state index in [1.165, 1.54) is 40.8 Å². The first-order chi connectivity index (χ1) is 14.4. The minimum absolute atomic E-state index is 0.135. The second-order valence-corrected chi connectivity index (χ2v) is 9.85. The highest BCUT2D eigenvalue weighted by Gasteiger charge is 2.30. The van der Waals surface area contributed by atoms with Crippen LogP contribution in [0.15, 0.2) is 30.3 Å². The Kier molecular flexibility index (Phi) is 5.86. The minimum Gasteiger partial charge on any atom is -0.367 e. The van der Waals surface area contributed by atoms with Crippen LogP contribution in [-0.4, -0.2) is 19.5 Å². The Morgan fingerprint density at radius 3 is 2.73 bits per heavy atom. The number of nitrogens with one attached hydrogen (secondary N) is 1. The molecule has 0 aromatic heterocycles. The number of anilines is 1. The van der Waals surface area contributed by atoms with Crippen molar-refractivity contribution < 1.29 is 9.18 Å². The Morgan fingerprint density at radius 1 is 1.20 bits per heavy atom. The molecule has 2 aromatic rings. The average molecular weight is 409 g/mol. The maximum Gasteiger partial charge on any atom is 0.207 e. The summed E-state index contributed by atoms with van der Waals surface area (Å²) in [5, 5.41) is 2.81. The number of hydrogen-bond acceptors (Lipinski definition) is 2. The van der Waals surface area contributed by atoms with Gasteiger partial charge in [0.05, 0.1) is 0 Å². The van der Waals surface area contributed by atoms with Crippen LogP contribution in [0.2, 0.25) is 0 Å². The van der Waals surface area contributed by atoms with E-state index in [1.807, 2.05) is 6.07 Å². The molecule has 3 nitrogen and oxygen atoms in total. The zero-order valence-corrected chi connectivity index (χ0v) is 18.4. The summed E-state index contributed by atoms with van der Waals surface area (Å²) in [6.07, 6.45) is 6.25. The van der Waals surface area contributed by atoms with Crippen LogP contribution >= 0.6 is 0 Å². The van der Waals surface area contributed by atoms with Gasteiger partial charge in [0.1, 0.15) is 5.82 Å². The van der Waals surface area contributed by atoms with E-state index in [4.69, 9.17) is 0 Å². The van der Waals surface area contributed by atoms with Gasteiger partial charge in [-0.1, -0.05) is 19.9 Å². The minimum atomic E-state index is -0.135.